The Morgan fingerprint density at radius 2 is 1.85 bits per heavy atom. The molecule has 2 rings (SSSR count). The van der Waals surface area contributed by atoms with Gasteiger partial charge in [0, 0.05) is 11.0 Å². The van der Waals surface area contributed by atoms with Gasteiger partial charge in [0.05, 0.1) is 26.4 Å². The molecule has 1 heterocycles. The maximum Gasteiger partial charge on any atom is 0.341 e. The molecule has 1 aromatic carbocycles. The Labute approximate surface area is 162 Å². The molecule has 0 fully saturated rings. The van der Waals surface area contributed by atoms with Gasteiger partial charge in [0.1, 0.15) is 5.00 Å². The van der Waals surface area contributed by atoms with Crippen molar-refractivity contribution in [3.05, 3.63) is 46.3 Å². The van der Waals surface area contributed by atoms with Crippen molar-refractivity contribution in [2.45, 2.75) is 20.3 Å². The number of rotatable bonds is 8. The molecule has 0 saturated heterocycles. The fourth-order valence-corrected chi connectivity index (χ4v) is 3.34. The van der Waals surface area contributed by atoms with Crippen molar-refractivity contribution in [2.24, 2.45) is 0 Å². The SMILES string of the molecule is CCOC(=O)c1cc(CC)sc1NC(=O)/C=C/c1ccc(OC)c(OC)c1. The summed E-state index contributed by atoms with van der Waals surface area (Å²) in [6.07, 6.45) is 3.84. The molecule has 0 unspecified atom stereocenters. The van der Waals surface area contributed by atoms with Crippen LogP contribution in [0.3, 0.4) is 0 Å². The quantitative estimate of drug-likeness (QED) is 0.542. The van der Waals surface area contributed by atoms with E-state index < -0.39 is 5.97 Å². The van der Waals surface area contributed by atoms with Crippen LogP contribution in [0.4, 0.5) is 5.00 Å². The lowest BCUT2D eigenvalue weighted by Gasteiger charge is -2.07. The van der Waals surface area contributed by atoms with Crippen molar-refractivity contribution in [1.82, 2.24) is 0 Å². The topological polar surface area (TPSA) is 73.9 Å². The van der Waals surface area contributed by atoms with Crippen LogP contribution in [0.25, 0.3) is 6.08 Å². The van der Waals surface area contributed by atoms with Crippen molar-refractivity contribution in [3.8, 4) is 11.5 Å². The average molecular weight is 389 g/mol. The molecule has 0 spiro atoms. The Morgan fingerprint density at radius 3 is 2.48 bits per heavy atom. The number of ether oxygens (including phenoxy) is 3. The predicted molar refractivity (Wildman–Crippen MR) is 107 cm³/mol. The molecule has 0 radical (unpaired) electrons. The van der Waals surface area contributed by atoms with E-state index in [4.69, 9.17) is 14.2 Å². The fraction of sp³-hybridized carbons (Fsp3) is 0.300. The number of thiophene rings is 1. The molecule has 0 aliphatic heterocycles. The number of anilines is 1. The molecular weight excluding hydrogens is 366 g/mol. The Hall–Kier alpha value is -2.80. The number of nitrogens with one attached hydrogen (secondary N) is 1. The van der Waals surface area contributed by atoms with Crippen LogP contribution in [0.5, 0.6) is 11.5 Å². The number of benzene rings is 1. The molecule has 0 saturated carbocycles. The van der Waals surface area contributed by atoms with Crippen molar-refractivity contribution >= 4 is 34.3 Å². The first-order chi connectivity index (χ1) is 13.0. The van der Waals surface area contributed by atoms with Crippen LogP contribution in [0.15, 0.2) is 30.3 Å². The highest BCUT2D eigenvalue weighted by Crippen LogP contribution is 2.30. The Kier molecular flexibility index (Phi) is 7.43. The van der Waals surface area contributed by atoms with Gasteiger partial charge in [-0.2, -0.15) is 0 Å². The molecule has 144 valence electrons. The third-order valence-corrected chi connectivity index (χ3v) is 4.89. The lowest BCUT2D eigenvalue weighted by atomic mass is 10.2. The third kappa shape index (κ3) is 5.34. The summed E-state index contributed by atoms with van der Waals surface area (Å²) in [7, 11) is 3.12. The highest BCUT2D eigenvalue weighted by Gasteiger charge is 2.18. The molecular formula is C20H23NO5S. The van der Waals surface area contributed by atoms with Crippen molar-refractivity contribution in [1.29, 1.82) is 0 Å². The maximum absolute atomic E-state index is 12.3. The first-order valence-corrected chi connectivity index (χ1v) is 9.34. The number of amides is 1. The number of carbonyl (C=O) groups is 2. The van der Waals surface area contributed by atoms with Crippen LogP contribution in [0.2, 0.25) is 0 Å². The van der Waals surface area contributed by atoms with E-state index in [2.05, 4.69) is 5.32 Å². The molecule has 1 amide bonds. The van der Waals surface area contributed by atoms with E-state index in [-0.39, 0.29) is 12.5 Å². The second kappa shape index (κ2) is 9.78. The van der Waals surface area contributed by atoms with Gasteiger partial charge < -0.3 is 19.5 Å². The molecule has 7 heteroatoms. The second-order valence-electron chi connectivity index (χ2n) is 5.47. The second-order valence-corrected chi connectivity index (χ2v) is 6.60. The van der Waals surface area contributed by atoms with E-state index in [1.165, 1.54) is 17.4 Å². The number of hydrogen-bond donors (Lipinski definition) is 1. The van der Waals surface area contributed by atoms with Crippen molar-refractivity contribution in [3.63, 3.8) is 0 Å². The van der Waals surface area contributed by atoms with Gasteiger partial charge in [-0.25, -0.2) is 4.79 Å². The summed E-state index contributed by atoms with van der Waals surface area (Å²) in [5.41, 5.74) is 1.17. The van der Waals surface area contributed by atoms with Crippen molar-refractivity contribution in [2.75, 3.05) is 26.1 Å². The fourth-order valence-electron chi connectivity index (χ4n) is 2.35. The average Bonchev–Trinajstić information content (AvgIpc) is 3.09. The minimum Gasteiger partial charge on any atom is -0.493 e. The van der Waals surface area contributed by atoms with Gasteiger partial charge in [-0.05, 0) is 43.2 Å². The molecule has 1 N–H and O–H groups in total. The Morgan fingerprint density at radius 1 is 1.11 bits per heavy atom. The van der Waals surface area contributed by atoms with Crippen LogP contribution in [-0.4, -0.2) is 32.7 Å². The number of aryl methyl sites for hydroxylation is 1. The normalized spacial score (nSPS) is 10.7. The minimum absolute atomic E-state index is 0.280. The molecule has 0 atom stereocenters. The summed E-state index contributed by atoms with van der Waals surface area (Å²) in [5.74, 6) is 0.423. The first kappa shape index (κ1) is 20.5. The molecule has 6 nitrogen and oxygen atoms in total. The lowest BCUT2D eigenvalue weighted by molar-refractivity contribution is -0.111. The highest BCUT2D eigenvalue weighted by atomic mass is 32.1. The summed E-state index contributed by atoms with van der Waals surface area (Å²) in [5, 5.41) is 3.25. The first-order valence-electron chi connectivity index (χ1n) is 8.53. The summed E-state index contributed by atoms with van der Waals surface area (Å²) >= 11 is 1.37. The van der Waals surface area contributed by atoms with E-state index in [1.54, 1.807) is 45.4 Å². The van der Waals surface area contributed by atoms with Gasteiger partial charge in [0.2, 0.25) is 5.91 Å². The van der Waals surface area contributed by atoms with Gasteiger partial charge in [-0.3, -0.25) is 4.79 Å². The molecule has 2 aromatic rings. The van der Waals surface area contributed by atoms with Gasteiger partial charge >= 0.3 is 5.97 Å². The van der Waals surface area contributed by atoms with E-state index in [0.717, 1.165) is 16.9 Å². The van der Waals surface area contributed by atoms with E-state index >= 15 is 0 Å². The zero-order valence-corrected chi connectivity index (χ0v) is 16.6. The van der Waals surface area contributed by atoms with Gasteiger partial charge in [0.25, 0.3) is 0 Å². The number of esters is 1. The van der Waals surface area contributed by atoms with Crippen LogP contribution in [0.1, 0.15) is 34.6 Å². The summed E-state index contributed by atoms with van der Waals surface area (Å²) in [4.78, 5) is 25.4. The molecule has 27 heavy (non-hydrogen) atoms. The summed E-state index contributed by atoms with van der Waals surface area (Å²) in [6.45, 7) is 4.02. The Balaban J connectivity index is 2.14. The number of carbonyl (C=O) groups excluding carboxylic acids is 2. The molecule has 0 aliphatic rings. The highest BCUT2D eigenvalue weighted by molar-refractivity contribution is 7.16. The number of hydrogen-bond acceptors (Lipinski definition) is 6. The van der Waals surface area contributed by atoms with Crippen LogP contribution in [-0.2, 0) is 16.0 Å². The van der Waals surface area contributed by atoms with Gasteiger partial charge in [-0.1, -0.05) is 13.0 Å². The molecule has 1 aromatic heterocycles. The van der Waals surface area contributed by atoms with Crippen LogP contribution < -0.4 is 14.8 Å². The van der Waals surface area contributed by atoms with Crippen LogP contribution in [0, 0.1) is 0 Å². The summed E-state index contributed by atoms with van der Waals surface area (Å²) < 4.78 is 15.5. The van der Waals surface area contributed by atoms with Gasteiger partial charge in [0.15, 0.2) is 11.5 Å². The van der Waals surface area contributed by atoms with E-state index in [0.29, 0.717) is 22.1 Å². The van der Waals surface area contributed by atoms with Gasteiger partial charge in [-0.15, -0.1) is 11.3 Å². The number of methoxy groups -OCH3 is 2. The lowest BCUT2D eigenvalue weighted by Crippen LogP contribution is -2.11. The smallest absolute Gasteiger partial charge is 0.341 e. The standard InChI is InChI=1S/C20H23NO5S/c1-5-14-12-15(20(23)26-6-2)19(27-14)21-18(22)10-8-13-7-9-16(24-3)17(11-13)25-4/h7-12H,5-6H2,1-4H3,(H,21,22)/b10-8+. The zero-order valence-electron chi connectivity index (χ0n) is 15.8. The van der Waals surface area contributed by atoms with Crippen LogP contribution >= 0.6 is 11.3 Å². The van der Waals surface area contributed by atoms with E-state index in [9.17, 15) is 9.59 Å². The largest absolute Gasteiger partial charge is 0.493 e. The third-order valence-electron chi connectivity index (χ3n) is 3.70. The molecule has 0 aliphatic carbocycles. The minimum atomic E-state index is -0.437. The zero-order chi connectivity index (χ0) is 19.8. The maximum atomic E-state index is 12.3. The monoisotopic (exact) mass is 389 g/mol. The molecule has 0 bridgehead atoms. The van der Waals surface area contributed by atoms with Crippen molar-refractivity contribution < 1.29 is 23.8 Å². The predicted octanol–water partition coefficient (Wildman–Crippen LogP) is 4.16. The Bertz CT molecular complexity index is 841. The summed E-state index contributed by atoms with van der Waals surface area (Å²) in [6, 6.07) is 7.11. The van der Waals surface area contributed by atoms with E-state index in [1.807, 2.05) is 13.0 Å².